The van der Waals surface area contributed by atoms with Crippen LogP contribution in [0.15, 0.2) is 30.3 Å². The molecule has 2 N–H and O–H groups in total. The Morgan fingerprint density at radius 1 is 1.35 bits per heavy atom. The van der Waals surface area contributed by atoms with Crippen LogP contribution >= 0.6 is 0 Å². The molecule has 2 fully saturated rings. The largest absolute Gasteiger partial charge is 0.376 e. The van der Waals surface area contributed by atoms with Gasteiger partial charge >= 0.3 is 0 Å². The molecule has 1 aromatic rings. The Balaban J connectivity index is 1.41. The summed E-state index contributed by atoms with van der Waals surface area (Å²) in [5.74, 6) is 0.591. The quantitative estimate of drug-likeness (QED) is 0.886. The van der Waals surface area contributed by atoms with Crippen LogP contribution in [0, 0.1) is 5.92 Å². The molecular weight excluding hydrogens is 252 g/mol. The van der Waals surface area contributed by atoms with Crippen molar-refractivity contribution in [2.75, 3.05) is 19.7 Å². The van der Waals surface area contributed by atoms with Crippen molar-refractivity contribution in [2.45, 2.75) is 31.4 Å². The normalized spacial score (nSPS) is 23.9. The standard InChI is InChI=1S/C16H22N2O2/c17-16(7-8-16)15(19)18-9-6-14(10-18)12-20-11-13-4-2-1-3-5-13/h1-5,14H,6-12,17H2. The molecule has 2 aliphatic rings. The minimum atomic E-state index is -0.528. The number of carbonyl (C=O) groups excluding carboxylic acids is 1. The topological polar surface area (TPSA) is 55.6 Å². The van der Waals surface area contributed by atoms with Crippen molar-refractivity contribution >= 4 is 5.91 Å². The van der Waals surface area contributed by atoms with E-state index in [1.165, 1.54) is 5.56 Å². The summed E-state index contributed by atoms with van der Waals surface area (Å²) in [4.78, 5) is 14.1. The molecule has 1 aromatic carbocycles. The van der Waals surface area contributed by atoms with Gasteiger partial charge in [-0.1, -0.05) is 30.3 Å². The molecule has 1 atom stereocenters. The van der Waals surface area contributed by atoms with E-state index in [-0.39, 0.29) is 5.91 Å². The molecule has 1 unspecified atom stereocenters. The maximum Gasteiger partial charge on any atom is 0.242 e. The van der Waals surface area contributed by atoms with Crippen molar-refractivity contribution in [3.63, 3.8) is 0 Å². The molecule has 1 amide bonds. The molecule has 1 saturated carbocycles. The van der Waals surface area contributed by atoms with Gasteiger partial charge < -0.3 is 15.4 Å². The van der Waals surface area contributed by atoms with Gasteiger partial charge in [-0.25, -0.2) is 0 Å². The van der Waals surface area contributed by atoms with Gasteiger partial charge in [0.2, 0.25) is 5.91 Å². The maximum atomic E-state index is 12.1. The van der Waals surface area contributed by atoms with E-state index in [4.69, 9.17) is 10.5 Å². The highest BCUT2D eigenvalue weighted by molar-refractivity contribution is 5.89. The van der Waals surface area contributed by atoms with Crippen LogP contribution < -0.4 is 5.73 Å². The number of amides is 1. The van der Waals surface area contributed by atoms with Crippen LogP contribution in [0.4, 0.5) is 0 Å². The van der Waals surface area contributed by atoms with Gasteiger partial charge in [-0.2, -0.15) is 0 Å². The van der Waals surface area contributed by atoms with Crippen LogP contribution in [0.3, 0.4) is 0 Å². The number of rotatable bonds is 5. The Bertz CT molecular complexity index is 471. The van der Waals surface area contributed by atoms with E-state index >= 15 is 0 Å². The number of ether oxygens (including phenoxy) is 1. The van der Waals surface area contributed by atoms with Crippen LogP contribution in [-0.4, -0.2) is 36.0 Å². The first-order chi connectivity index (χ1) is 9.67. The highest BCUT2D eigenvalue weighted by atomic mass is 16.5. The first-order valence-corrected chi connectivity index (χ1v) is 7.37. The van der Waals surface area contributed by atoms with Gasteiger partial charge in [-0.3, -0.25) is 4.79 Å². The molecule has 1 heterocycles. The van der Waals surface area contributed by atoms with Crippen molar-refractivity contribution in [2.24, 2.45) is 11.7 Å². The Hall–Kier alpha value is -1.39. The Morgan fingerprint density at radius 2 is 2.10 bits per heavy atom. The summed E-state index contributed by atoms with van der Waals surface area (Å²) in [6, 6.07) is 10.2. The van der Waals surface area contributed by atoms with Gasteiger partial charge in [0.25, 0.3) is 0 Å². The minimum Gasteiger partial charge on any atom is -0.376 e. The number of nitrogens with two attached hydrogens (primary N) is 1. The van der Waals surface area contributed by atoms with E-state index in [0.717, 1.165) is 39.0 Å². The van der Waals surface area contributed by atoms with Crippen molar-refractivity contribution in [3.05, 3.63) is 35.9 Å². The van der Waals surface area contributed by atoms with Gasteiger partial charge in [0.05, 0.1) is 18.8 Å². The average molecular weight is 274 g/mol. The number of nitrogens with zero attached hydrogens (tertiary/aromatic N) is 1. The van der Waals surface area contributed by atoms with E-state index < -0.39 is 5.54 Å². The van der Waals surface area contributed by atoms with Crippen molar-refractivity contribution in [1.29, 1.82) is 0 Å². The Labute approximate surface area is 119 Å². The van der Waals surface area contributed by atoms with Crippen LogP contribution in [-0.2, 0) is 16.1 Å². The Morgan fingerprint density at radius 3 is 2.80 bits per heavy atom. The summed E-state index contributed by atoms with van der Waals surface area (Å²) >= 11 is 0. The monoisotopic (exact) mass is 274 g/mol. The van der Waals surface area contributed by atoms with Gasteiger partial charge in [-0.15, -0.1) is 0 Å². The van der Waals surface area contributed by atoms with Crippen LogP contribution in [0.5, 0.6) is 0 Å². The van der Waals surface area contributed by atoms with E-state index in [9.17, 15) is 4.79 Å². The zero-order valence-electron chi connectivity index (χ0n) is 11.8. The number of hydrogen-bond donors (Lipinski definition) is 1. The molecule has 4 heteroatoms. The lowest BCUT2D eigenvalue weighted by Gasteiger charge is -2.20. The molecule has 20 heavy (non-hydrogen) atoms. The van der Waals surface area contributed by atoms with Gasteiger partial charge in [-0.05, 0) is 24.8 Å². The van der Waals surface area contributed by atoms with E-state index in [1.807, 2.05) is 23.1 Å². The predicted octanol–water partition coefficient (Wildman–Crippen LogP) is 1.54. The molecule has 0 spiro atoms. The summed E-state index contributed by atoms with van der Waals surface area (Å²) in [6.07, 6.45) is 2.71. The minimum absolute atomic E-state index is 0.142. The second-order valence-electron chi connectivity index (χ2n) is 6.06. The first-order valence-electron chi connectivity index (χ1n) is 7.37. The summed E-state index contributed by atoms with van der Waals surface area (Å²) < 4.78 is 5.76. The predicted molar refractivity (Wildman–Crippen MR) is 76.9 cm³/mol. The van der Waals surface area contributed by atoms with Crippen LogP contribution in [0.25, 0.3) is 0 Å². The van der Waals surface area contributed by atoms with Gasteiger partial charge in [0.1, 0.15) is 0 Å². The molecule has 0 aromatic heterocycles. The zero-order valence-corrected chi connectivity index (χ0v) is 11.8. The highest BCUT2D eigenvalue weighted by Crippen LogP contribution is 2.35. The average Bonchev–Trinajstić information content (AvgIpc) is 3.05. The molecule has 108 valence electrons. The van der Waals surface area contributed by atoms with E-state index in [2.05, 4.69) is 12.1 Å². The third-order valence-corrected chi connectivity index (χ3v) is 4.25. The van der Waals surface area contributed by atoms with E-state index in [0.29, 0.717) is 12.5 Å². The SMILES string of the molecule is NC1(C(=O)N2CCC(COCc3ccccc3)C2)CC1. The number of benzene rings is 1. The van der Waals surface area contributed by atoms with Crippen LogP contribution in [0.2, 0.25) is 0 Å². The molecule has 4 nitrogen and oxygen atoms in total. The lowest BCUT2D eigenvalue weighted by molar-refractivity contribution is -0.132. The highest BCUT2D eigenvalue weighted by Gasteiger charge is 2.49. The summed E-state index contributed by atoms with van der Waals surface area (Å²) in [7, 11) is 0. The molecule has 0 bridgehead atoms. The fourth-order valence-corrected chi connectivity index (χ4v) is 2.73. The lowest BCUT2D eigenvalue weighted by Crippen LogP contribution is -2.44. The zero-order chi connectivity index (χ0) is 14.0. The van der Waals surface area contributed by atoms with Crippen molar-refractivity contribution in [1.82, 2.24) is 4.90 Å². The fourth-order valence-electron chi connectivity index (χ4n) is 2.73. The Kier molecular flexibility index (Phi) is 3.76. The molecule has 1 saturated heterocycles. The molecule has 1 aliphatic carbocycles. The summed E-state index contributed by atoms with van der Waals surface area (Å²) in [6.45, 7) is 2.99. The summed E-state index contributed by atoms with van der Waals surface area (Å²) in [5, 5.41) is 0. The number of likely N-dealkylation sites (tertiary alicyclic amines) is 1. The summed E-state index contributed by atoms with van der Waals surface area (Å²) in [5.41, 5.74) is 6.63. The second kappa shape index (κ2) is 5.54. The first kappa shape index (κ1) is 13.6. The van der Waals surface area contributed by atoms with Crippen LogP contribution in [0.1, 0.15) is 24.8 Å². The van der Waals surface area contributed by atoms with Crippen molar-refractivity contribution < 1.29 is 9.53 Å². The van der Waals surface area contributed by atoms with E-state index in [1.54, 1.807) is 0 Å². The molecule has 3 rings (SSSR count). The third kappa shape index (κ3) is 3.02. The van der Waals surface area contributed by atoms with Gasteiger partial charge in [0, 0.05) is 19.0 Å². The molecular formula is C16H22N2O2. The fraction of sp³-hybridized carbons (Fsp3) is 0.562. The van der Waals surface area contributed by atoms with Gasteiger partial charge in [0.15, 0.2) is 0 Å². The number of carbonyl (C=O) groups is 1. The molecule has 0 radical (unpaired) electrons. The van der Waals surface area contributed by atoms with Crippen molar-refractivity contribution in [3.8, 4) is 0 Å². The third-order valence-electron chi connectivity index (χ3n) is 4.25. The lowest BCUT2D eigenvalue weighted by atomic mass is 10.1. The molecule has 1 aliphatic heterocycles. The second-order valence-corrected chi connectivity index (χ2v) is 6.06. The maximum absolute atomic E-state index is 12.1. The smallest absolute Gasteiger partial charge is 0.242 e. The number of hydrogen-bond acceptors (Lipinski definition) is 3.